The van der Waals surface area contributed by atoms with Crippen molar-refractivity contribution >= 4 is 16.2 Å². The predicted molar refractivity (Wildman–Crippen MR) is 75.9 cm³/mol. The summed E-state index contributed by atoms with van der Waals surface area (Å²) in [5.41, 5.74) is 2.06. The van der Waals surface area contributed by atoms with Crippen LogP contribution >= 0.6 is 0 Å². The van der Waals surface area contributed by atoms with Gasteiger partial charge in [-0.25, -0.2) is 0 Å². The maximum absolute atomic E-state index is 12.3. The standard InChI is InChI=1S/C13H18N2O5S/c1-20-9-12(13(16)17)14-21(18,19)15-7-6-10-4-2-3-5-11(10)8-15/h2-5,12,14H,6-9H2,1H3,(H,16,17). The summed E-state index contributed by atoms with van der Waals surface area (Å²) in [6, 6.07) is 6.32. The van der Waals surface area contributed by atoms with Crippen LogP contribution in [0, 0.1) is 0 Å². The second-order valence-corrected chi connectivity index (χ2v) is 6.52. The van der Waals surface area contributed by atoms with Gasteiger partial charge in [-0.3, -0.25) is 4.79 Å². The molecule has 116 valence electrons. The molecule has 0 saturated carbocycles. The molecule has 2 N–H and O–H groups in total. The van der Waals surface area contributed by atoms with E-state index >= 15 is 0 Å². The van der Waals surface area contributed by atoms with Gasteiger partial charge in [0.2, 0.25) is 0 Å². The molecule has 1 aromatic rings. The summed E-state index contributed by atoms with van der Waals surface area (Å²) in [6.07, 6.45) is 0.610. The van der Waals surface area contributed by atoms with Crippen molar-refractivity contribution in [3.63, 3.8) is 0 Å². The van der Waals surface area contributed by atoms with Gasteiger partial charge in [-0.15, -0.1) is 0 Å². The fourth-order valence-electron chi connectivity index (χ4n) is 2.25. The number of nitrogens with one attached hydrogen (secondary N) is 1. The van der Waals surface area contributed by atoms with Gasteiger partial charge in [0.1, 0.15) is 6.04 Å². The van der Waals surface area contributed by atoms with Crippen LogP contribution in [0.1, 0.15) is 11.1 Å². The van der Waals surface area contributed by atoms with Crippen LogP contribution in [0.15, 0.2) is 24.3 Å². The van der Waals surface area contributed by atoms with E-state index in [-0.39, 0.29) is 13.2 Å². The molecule has 1 aliphatic heterocycles. The third-order valence-electron chi connectivity index (χ3n) is 3.36. The zero-order valence-corrected chi connectivity index (χ0v) is 12.5. The Kier molecular flexibility index (Phi) is 4.94. The molecular weight excluding hydrogens is 296 g/mol. The highest BCUT2D eigenvalue weighted by Crippen LogP contribution is 2.20. The van der Waals surface area contributed by atoms with Gasteiger partial charge >= 0.3 is 5.97 Å². The van der Waals surface area contributed by atoms with Crippen LogP contribution in [0.5, 0.6) is 0 Å². The molecule has 0 fully saturated rings. The van der Waals surface area contributed by atoms with Crippen molar-refractivity contribution in [2.75, 3.05) is 20.3 Å². The lowest BCUT2D eigenvalue weighted by molar-refractivity contribution is -0.140. The van der Waals surface area contributed by atoms with E-state index in [1.165, 1.54) is 11.4 Å². The molecule has 0 bridgehead atoms. The lowest BCUT2D eigenvalue weighted by atomic mass is 10.0. The third kappa shape index (κ3) is 3.79. The molecule has 8 heteroatoms. The molecule has 0 radical (unpaired) electrons. The normalized spacial score (nSPS) is 17.2. The van der Waals surface area contributed by atoms with Gasteiger partial charge < -0.3 is 9.84 Å². The van der Waals surface area contributed by atoms with Crippen molar-refractivity contribution in [2.24, 2.45) is 0 Å². The molecule has 1 atom stereocenters. The number of benzene rings is 1. The minimum Gasteiger partial charge on any atom is -0.480 e. The smallest absolute Gasteiger partial charge is 0.324 e. The van der Waals surface area contributed by atoms with E-state index < -0.39 is 22.2 Å². The molecule has 0 amide bonds. The number of carboxylic acid groups (broad SMARTS) is 1. The third-order valence-corrected chi connectivity index (χ3v) is 4.93. The molecule has 0 spiro atoms. The second-order valence-electron chi connectivity index (χ2n) is 4.82. The van der Waals surface area contributed by atoms with Gasteiger partial charge in [0.05, 0.1) is 6.61 Å². The molecule has 1 aliphatic rings. The molecule has 1 heterocycles. The van der Waals surface area contributed by atoms with Gasteiger partial charge in [-0.1, -0.05) is 24.3 Å². The summed E-state index contributed by atoms with van der Waals surface area (Å²) in [7, 11) is -2.55. The number of ether oxygens (including phenoxy) is 1. The number of nitrogens with zero attached hydrogens (tertiary/aromatic N) is 1. The summed E-state index contributed by atoms with van der Waals surface area (Å²) >= 11 is 0. The Bertz CT molecular complexity index is 617. The minimum atomic E-state index is -3.87. The Hall–Kier alpha value is -1.48. The average Bonchev–Trinajstić information content (AvgIpc) is 2.46. The van der Waals surface area contributed by atoms with Crippen molar-refractivity contribution in [1.29, 1.82) is 0 Å². The first-order valence-electron chi connectivity index (χ1n) is 6.50. The predicted octanol–water partition coefficient (Wildman–Crippen LogP) is -0.0213. The molecule has 0 aliphatic carbocycles. The molecular formula is C13H18N2O5S. The van der Waals surface area contributed by atoms with E-state index in [9.17, 15) is 13.2 Å². The monoisotopic (exact) mass is 314 g/mol. The fraction of sp³-hybridized carbons (Fsp3) is 0.462. The van der Waals surface area contributed by atoms with Gasteiger partial charge in [0, 0.05) is 20.2 Å². The maximum atomic E-state index is 12.3. The summed E-state index contributed by atoms with van der Waals surface area (Å²) in [6.45, 7) is 0.343. The fourth-order valence-corrected chi connectivity index (χ4v) is 3.57. The number of fused-ring (bicyclic) bond motifs is 1. The van der Waals surface area contributed by atoms with Crippen LogP contribution < -0.4 is 4.72 Å². The van der Waals surface area contributed by atoms with Crippen LogP contribution in [0.25, 0.3) is 0 Å². The number of hydrogen-bond acceptors (Lipinski definition) is 4. The van der Waals surface area contributed by atoms with Crippen molar-refractivity contribution in [2.45, 2.75) is 19.0 Å². The molecule has 21 heavy (non-hydrogen) atoms. The zero-order chi connectivity index (χ0) is 15.5. The number of rotatable bonds is 6. The van der Waals surface area contributed by atoms with Crippen LogP contribution in [-0.2, 0) is 32.7 Å². The number of aliphatic carboxylic acids is 1. The van der Waals surface area contributed by atoms with Crippen molar-refractivity contribution < 1.29 is 23.1 Å². The quantitative estimate of drug-likeness (QED) is 0.769. The van der Waals surface area contributed by atoms with Gasteiger partial charge in [-0.2, -0.15) is 17.4 Å². The van der Waals surface area contributed by atoms with E-state index in [2.05, 4.69) is 4.72 Å². The lowest BCUT2D eigenvalue weighted by Crippen LogP contribution is -2.51. The van der Waals surface area contributed by atoms with Crippen LogP contribution in [0.4, 0.5) is 0 Å². The Labute approximate surface area is 123 Å². The lowest BCUT2D eigenvalue weighted by Gasteiger charge is -2.29. The molecule has 1 aromatic carbocycles. The number of carboxylic acids is 1. The average molecular weight is 314 g/mol. The van der Waals surface area contributed by atoms with Gasteiger partial charge in [0.15, 0.2) is 0 Å². The highest BCUT2D eigenvalue weighted by Gasteiger charge is 2.31. The van der Waals surface area contributed by atoms with E-state index in [1.807, 2.05) is 24.3 Å². The Morgan fingerprint density at radius 2 is 2.10 bits per heavy atom. The van der Waals surface area contributed by atoms with E-state index in [4.69, 9.17) is 9.84 Å². The SMILES string of the molecule is COCC(NS(=O)(=O)N1CCc2ccccc2C1)C(=O)O. The first-order valence-corrected chi connectivity index (χ1v) is 7.94. The van der Waals surface area contributed by atoms with E-state index in [1.54, 1.807) is 0 Å². The summed E-state index contributed by atoms with van der Waals surface area (Å²) < 4.78 is 32.7. The highest BCUT2D eigenvalue weighted by atomic mass is 32.2. The van der Waals surface area contributed by atoms with Gasteiger partial charge in [-0.05, 0) is 17.5 Å². The number of methoxy groups -OCH3 is 1. The van der Waals surface area contributed by atoms with E-state index in [0.29, 0.717) is 13.0 Å². The molecule has 1 unspecified atom stereocenters. The highest BCUT2D eigenvalue weighted by molar-refractivity contribution is 7.87. The van der Waals surface area contributed by atoms with Gasteiger partial charge in [0.25, 0.3) is 10.2 Å². The molecule has 7 nitrogen and oxygen atoms in total. The summed E-state index contributed by atoms with van der Waals surface area (Å²) in [4.78, 5) is 11.0. The Morgan fingerprint density at radius 3 is 2.71 bits per heavy atom. The summed E-state index contributed by atoms with van der Waals surface area (Å²) in [5, 5.41) is 9.00. The Balaban J connectivity index is 2.12. The van der Waals surface area contributed by atoms with Crippen molar-refractivity contribution in [1.82, 2.24) is 9.03 Å². The number of hydrogen-bond donors (Lipinski definition) is 2. The first-order chi connectivity index (χ1) is 9.94. The summed E-state index contributed by atoms with van der Waals surface area (Å²) in [5.74, 6) is -1.27. The topological polar surface area (TPSA) is 95.9 Å². The van der Waals surface area contributed by atoms with Crippen LogP contribution in [-0.4, -0.2) is 50.1 Å². The van der Waals surface area contributed by atoms with Crippen molar-refractivity contribution in [3.8, 4) is 0 Å². The Morgan fingerprint density at radius 1 is 1.43 bits per heavy atom. The van der Waals surface area contributed by atoms with E-state index in [0.717, 1.165) is 11.1 Å². The molecule has 0 saturated heterocycles. The minimum absolute atomic E-state index is 0.223. The number of carbonyl (C=O) groups is 1. The molecule has 0 aromatic heterocycles. The maximum Gasteiger partial charge on any atom is 0.324 e. The first kappa shape index (κ1) is 15.9. The largest absolute Gasteiger partial charge is 0.480 e. The van der Waals surface area contributed by atoms with Crippen LogP contribution in [0.2, 0.25) is 0 Å². The zero-order valence-electron chi connectivity index (χ0n) is 11.7. The molecule has 2 rings (SSSR count). The van der Waals surface area contributed by atoms with Crippen molar-refractivity contribution in [3.05, 3.63) is 35.4 Å². The second kappa shape index (κ2) is 6.52. The van der Waals surface area contributed by atoms with Crippen LogP contribution in [0.3, 0.4) is 0 Å².